The molecule has 0 saturated heterocycles. The van der Waals surface area contributed by atoms with E-state index in [2.05, 4.69) is 32.8 Å². The Kier molecular flexibility index (Phi) is 25.9. The molecule has 0 aromatic carbocycles. The zero-order valence-corrected chi connectivity index (χ0v) is 44.6. The number of azo groups is 1. The number of nitrogens with zero attached hydrogens (tertiary/aromatic N) is 7. The van der Waals surface area contributed by atoms with Gasteiger partial charge in [-0.2, -0.15) is 20.7 Å². The quantitative estimate of drug-likeness (QED) is 0.0699. The average molecular weight is 905 g/mol. The molecule has 0 spiro atoms. The SMILES string of the molecule is CC(=O)NC1CC(N(CCCCS(=O)(=O)[O-])CCCCS(=O)(=O)[O-])CCC1N=Nc1c(C#N)c(C(C)(C)C)nn1C1C(C#N)CCCC1S(=O)(=O)[O-].[K+].[K+].[K+]. The molecule has 0 bridgehead atoms. The van der Waals surface area contributed by atoms with E-state index in [0.717, 1.165) is 0 Å². The summed E-state index contributed by atoms with van der Waals surface area (Å²) in [5.41, 5.74) is -0.434. The molecule has 292 valence electrons. The number of nitriles is 2. The van der Waals surface area contributed by atoms with Gasteiger partial charge in [0.25, 0.3) is 0 Å². The number of amides is 1. The Bertz CT molecular complexity index is 1840. The van der Waals surface area contributed by atoms with Gasteiger partial charge in [-0.15, -0.1) is 5.11 Å². The molecule has 2 fully saturated rings. The number of carbonyl (C=O) groups excluding carboxylic acids is 1. The smallest absolute Gasteiger partial charge is 0.748 e. The minimum atomic E-state index is -4.89. The minimum Gasteiger partial charge on any atom is -0.748 e. The number of nitrogens with one attached hydrogen (secondary N) is 1. The molecule has 1 N–H and O–H groups in total. The summed E-state index contributed by atoms with van der Waals surface area (Å²) in [6.07, 6.45) is 2.80. The molecule has 2 saturated carbocycles. The van der Waals surface area contributed by atoms with Crippen molar-refractivity contribution in [2.75, 3.05) is 24.6 Å². The van der Waals surface area contributed by atoms with Gasteiger partial charge < -0.3 is 23.9 Å². The van der Waals surface area contributed by atoms with Gasteiger partial charge in [0.2, 0.25) is 5.91 Å². The van der Waals surface area contributed by atoms with Crippen LogP contribution in [0.2, 0.25) is 0 Å². The fraction of sp³-hybridized carbons (Fsp3) is 0.806. The number of rotatable bonds is 16. The van der Waals surface area contributed by atoms with Crippen LogP contribution < -0.4 is 159 Å². The Labute approximate surface area is 453 Å². The van der Waals surface area contributed by atoms with E-state index in [1.165, 1.54) is 11.6 Å². The third kappa shape index (κ3) is 18.4. The van der Waals surface area contributed by atoms with Crippen LogP contribution in [0, 0.1) is 28.6 Å². The van der Waals surface area contributed by atoms with Crippen LogP contribution in [0.5, 0.6) is 0 Å². The first-order chi connectivity index (χ1) is 24.1. The predicted molar refractivity (Wildman–Crippen MR) is 184 cm³/mol. The van der Waals surface area contributed by atoms with Crippen molar-refractivity contribution in [3.63, 3.8) is 0 Å². The van der Waals surface area contributed by atoms with Gasteiger partial charge in [-0.05, 0) is 70.9 Å². The summed E-state index contributed by atoms with van der Waals surface area (Å²) in [5, 5.41) is 35.3. The minimum absolute atomic E-state index is 0. The monoisotopic (exact) mass is 904 g/mol. The average Bonchev–Trinajstić information content (AvgIpc) is 3.40. The summed E-state index contributed by atoms with van der Waals surface area (Å²) >= 11 is 0. The maximum atomic E-state index is 12.4. The number of hydrogen-bond donors (Lipinski definition) is 1. The maximum Gasteiger partial charge on any atom is 1.00 e. The van der Waals surface area contributed by atoms with Crippen molar-refractivity contribution in [2.24, 2.45) is 16.1 Å². The fourth-order valence-corrected chi connectivity index (χ4v) is 9.31. The number of aromatic nitrogens is 2. The predicted octanol–water partition coefficient (Wildman–Crippen LogP) is -6.69. The summed E-state index contributed by atoms with van der Waals surface area (Å²) in [4.78, 5) is 14.4. The van der Waals surface area contributed by atoms with Crippen molar-refractivity contribution in [1.29, 1.82) is 10.5 Å². The molecular weight excluding hydrogens is 858 g/mol. The third-order valence-electron chi connectivity index (χ3n) is 9.49. The molecule has 1 aromatic rings. The topological polar surface area (TPSA) is 294 Å². The van der Waals surface area contributed by atoms with E-state index in [0.29, 0.717) is 58.0 Å². The molecule has 3 rings (SSSR count). The zero-order valence-electron chi connectivity index (χ0n) is 32.8. The first-order valence-electron chi connectivity index (χ1n) is 17.2. The molecule has 24 heteroatoms. The van der Waals surface area contributed by atoms with Crippen LogP contribution >= 0.6 is 0 Å². The Morgan fingerprint density at radius 2 is 1.49 bits per heavy atom. The van der Waals surface area contributed by atoms with Gasteiger partial charge in [0.15, 0.2) is 5.82 Å². The summed E-state index contributed by atoms with van der Waals surface area (Å²) in [6.45, 7) is 7.46. The number of unbranched alkanes of at least 4 members (excludes halogenated alkanes) is 2. The van der Waals surface area contributed by atoms with Gasteiger partial charge in [-0.25, -0.2) is 29.9 Å². The largest absolute Gasteiger partial charge is 1.00 e. The summed E-state index contributed by atoms with van der Waals surface area (Å²) in [5.74, 6) is -2.44. The molecule has 55 heavy (non-hydrogen) atoms. The Hall–Kier alpha value is 1.86. The van der Waals surface area contributed by atoms with Crippen LogP contribution in [0.1, 0.15) is 109 Å². The summed E-state index contributed by atoms with van der Waals surface area (Å²) in [6, 6.07) is 1.57. The van der Waals surface area contributed by atoms with Gasteiger partial charge in [0, 0.05) is 29.9 Å². The van der Waals surface area contributed by atoms with Gasteiger partial charge in [0.1, 0.15) is 11.6 Å². The van der Waals surface area contributed by atoms with Crippen molar-refractivity contribution in [3.05, 3.63) is 11.3 Å². The van der Waals surface area contributed by atoms with E-state index in [-0.39, 0.29) is 202 Å². The third-order valence-corrected chi connectivity index (χ3v) is 12.3. The second-order valence-electron chi connectivity index (χ2n) is 14.6. The second kappa shape index (κ2) is 25.1. The van der Waals surface area contributed by atoms with E-state index in [9.17, 15) is 54.2 Å². The van der Waals surface area contributed by atoms with Crippen LogP contribution in [-0.2, 0) is 40.6 Å². The van der Waals surface area contributed by atoms with Crippen molar-refractivity contribution in [2.45, 2.75) is 127 Å². The van der Waals surface area contributed by atoms with Crippen LogP contribution in [0.25, 0.3) is 0 Å². The molecule has 2 aliphatic rings. The summed E-state index contributed by atoms with van der Waals surface area (Å²) < 4.78 is 105. The standard InChI is InChI=1S/C31H50N8O10S3.3K/c1-21(40)34-26-18-23(38(14-5-7-16-50(41,42)43)15-6-8-17-51(44,45)46)12-13-25(26)35-36-30-24(20-33)29(31(2,3)4)37-39(30)28-22(19-32)10-9-11-27(28)52(47,48)49;;;/h22-23,25-28H,5-18H2,1-4H3,(H,34,40)(H,41,42,43)(H,44,45,46)(H,47,48,49);;;/q;3*+1/p-3. The molecular formula is C31H47K3N8O10S3. The van der Waals surface area contributed by atoms with Gasteiger partial charge in [-0.1, -0.05) is 27.2 Å². The first-order valence-corrected chi connectivity index (χ1v) is 21.8. The Balaban J connectivity index is 0.00000972. The number of hydrogen-bond acceptors (Lipinski definition) is 16. The molecule has 6 atom stereocenters. The van der Waals surface area contributed by atoms with Crippen LogP contribution in [0.3, 0.4) is 0 Å². The molecule has 2 aliphatic carbocycles. The maximum absolute atomic E-state index is 12.4. The van der Waals surface area contributed by atoms with Gasteiger partial charge in [-0.3, -0.25) is 4.79 Å². The Morgan fingerprint density at radius 1 is 0.927 bits per heavy atom. The van der Waals surface area contributed by atoms with Crippen LogP contribution in [0.4, 0.5) is 5.82 Å². The van der Waals surface area contributed by atoms with E-state index in [1.807, 2.05) is 4.90 Å². The second-order valence-corrected chi connectivity index (χ2v) is 19.2. The Morgan fingerprint density at radius 3 is 1.95 bits per heavy atom. The first kappa shape index (κ1) is 56.9. The van der Waals surface area contributed by atoms with Crippen molar-refractivity contribution in [1.82, 2.24) is 20.0 Å². The molecule has 0 aliphatic heterocycles. The molecule has 18 nitrogen and oxygen atoms in total. The van der Waals surface area contributed by atoms with Crippen molar-refractivity contribution < 1.29 is 198 Å². The normalized spacial score (nSPS) is 23.5. The molecule has 1 amide bonds. The number of carbonyl (C=O) groups is 1. The zero-order chi connectivity index (χ0) is 39.1. The fourth-order valence-electron chi connectivity index (χ4n) is 7.09. The van der Waals surface area contributed by atoms with E-state index >= 15 is 0 Å². The van der Waals surface area contributed by atoms with E-state index in [4.69, 9.17) is 0 Å². The molecule has 1 aromatic heterocycles. The molecule has 0 radical (unpaired) electrons. The molecule has 6 unspecified atom stereocenters. The van der Waals surface area contributed by atoms with Gasteiger partial charge >= 0.3 is 154 Å². The van der Waals surface area contributed by atoms with Crippen LogP contribution in [-0.4, -0.2) is 107 Å². The van der Waals surface area contributed by atoms with Gasteiger partial charge in [0.05, 0.1) is 71.4 Å². The van der Waals surface area contributed by atoms with E-state index in [1.54, 1.807) is 20.8 Å². The van der Waals surface area contributed by atoms with E-state index < -0.39 is 76.6 Å². The summed E-state index contributed by atoms with van der Waals surface area (Å²) in [7, 11) is -13.7. The van der Waals surface area contributed by atoms with Crippen molar-refractivity contribution in [3.8, 4) is 12.1 Å². The van der Waals surface area contributed by atoms with Crippen LogP contribution in [0.15, 0.2) is 10.2 Å². The molecule has 1 heterocycles. The van der Waals surface area contributed by atoms with Crippen molar-refractivity contribution >= 4 is 42.1 Å².